The van der Waals surface area contributed by atoms with Crippen molar-refractivity contribution in [3.8, 4) is 0 Å². The summed E-state index contributed by atoms with van der Waals surface area (Å²) >= 11 is 0. The lowest BCUT2D eigenvalue weighted by Gasteiger charge is -2.33. The molecule has 1 aliphatic rings. The van der Waals surface area contributed by atoms with Crippen LogP contribution in [0.1, 0.15) is 49.4 Å². The van der Waals surface area contributed by atoms with Gasteiger partial charge in [0.05, 0.1) is 0 Å². The average Bonchev–Trinajstić information content (AvgIpc) is 2.39. The van der Waals surface area contributed by atoms with Crippen molar-refractivity contribution in [1.82, 2.24) is 4.90 Å². The molecule has 1 aromatic carbocycles. The molecule has 0 spiro atoms. The smallest absolute Gasteiger partial charge is 0.254 e. The Morgan fingerprint density at radius 1 is 1.16 bits per heavy atom. The zero-order valence-electron chi connectivity index (χ0n) is 11.2. The van der Waals surface area contributed by atoms with E-state index >= 15 is 0 Å². The van der Waals surface area contributed by atoms with Crippen LogP contribution in [0.25, 0.3) is 0 Å². The molecule has 4 heteroatoms. The fourth-order valence-corrected chi connectivity index (χ4v) is 2.80. The molecule has 19 heavy (non-hydrogen) atoms. The molecule has 1 aromatic rings. The lowest BCUT2D eigenvalue weighted by Crippen LogP contribution is -2.41. The van der Waals surface area contributed by atoms with Gasteiger partial charge in [-0.15, -0.1) is 0 Å². The van der Waals surface area contributed by atoms with Crippen LogP contribution >= 0.6 is 0 Å². The fraction of sp³-hybridized carbons (Fsp3) is 0.533. The Morgan fingerprint density at radius 2 is 1.74 bits per heavy atom. The Kier molecular flexibility index (Phi) is 4.51. The number of halogens is 2. The molecule has 0 radical (unpaired) electrons. The summed E-state index contributed by atoms with van der Waals surface area (Å²) in [7, 11) is 0. The van der Waals surface area contributed by atoms with Gasteiger partial charge < -0.3 is 4.90 Å². The lowest BCUT2D eigenvalue weighted by molar-refractivity contribution is 0.0647. The van der Waals surface area contributed by atoms with Gasteiger partial charge in [-0.3, -0.25) is 4.79 Å². The predicted molar refractivity (Wildman–Crippen MR) is 69.9 cm³/mol. The summed E-state index contributed by atoms with van der Waals surface area (Å²) in [5.74, 6) is -1.68. The third kappa shape index (κ3) is 3.31. The fourth-order valence-electron chi connectivity index (χ4n) is 2.80. The van der Waals surface area contributed by atoms with Gasteiger partial charge in [-0.2, -0.15) is 0 Å². The standard InChI is InChI=1S/C15H19F2NO/c1-2-18(14-6-4-3-5-7-14)15(19)11-8-12(16)10-13(17)9-11/h8-10,14H,2-7H2,1H3. The van der Waals surface area contributed by atoms with Crippen molar-refractivity contribution in [3.63, 3.8) is 0 Å². The van der Waals surface area contributed by atoms with Gasteiger partial charge in [-0.1, -0.05) is 19.3 Å². The van der Waals surface area contributed by atoms with Gasteiger partial charge >= 0.3 is 0 Å². The Morgan fingerprint density at radius 3 is 2.26 bits per heavy atom. The summed E-state index contributed by atoms with van der Waals surface area (Å²) in [6.45, 7) is 2.48. The van der Waals surface area contributed by atoms with Crippen molar-refractivity contribution in [2.24, 2.45) is 0 Å². The maximum atomic E-state index is 13.2. The van der Waals surface area contributed by atoms with Gasteiger partial charge in [0.2, 0.25) is 0 Å². The summed E-state index contributed by atoms with van der Waals surface area (Å²) < 4.78 is 26.4. The minimum absolute atomic E-state index is 0.102. The van der Waals surface area contributed by atoms with E-state index in [2.05, 4.69) is 0 Å². The van der Waals surface area contributed by atoms with Crippen molar-refractivity contribution in [2.75, 3.05) is 6.54 Å². The number of carbonyl (C=O) groups excluding carboxylic acids is 1. The molecule has 0 atom stereocenters. The van der Waals surface area contributed by atoms with E-state index < -0.39 is 11.6 Å². The largest absolute Gasteiger partial charge is 0.336 e. The molecule has 1 amide bonds. The second-order valence-electron chi connectivity index (χ2n) is 5.04. The van der Waals surface area contributed by atoms with Gasteiger partial charge in [0.1, 0.15) is 11.6 Å². The van der Waals surface area contributed by atoms with E-state index in [1.165, 1.54) is 6.42 Å². The molecule has 1 saturated carbocycles. The Hall–Kier alpha value is -1.45. The van der Waals surface area contributed by atoms with Crippen LogP contribution in [-0.2, 0) is 0 Å². The zero-order chi connectivity index (χ0) is 13.8. The van der Waals surface area contributed by atoms with Crippen LogP contribution in [-0.4, -0.2) is 23.4 Å². The first kappa shape index (κ1) is 14.0. The molecular weight excluding hydrogens is 248 g/mol. The topological polar surface area (TPSA) is 20.3 Å². The zero-order valence-corrected chi connectivity index (χ0v) is 11.2. The molecule has 0 unspecified atom stereocenters. The number of carbonyl (C=O) groups is 1. The van der Waals surface area contributed by atoms with Gasteiger partial charge in [0, 0.05) is 24.2 Å². The molecule has 0 saturated heterocycles. The second-order valence-corrected chi connectivity index (χ2v) is 5.04. The summed E-state index contributed by atoms with van der Waals surface area (Å²) in [6.07, 6.45) is 5.41. The van der Waals surface area contributed by atoms with Crippen molar-refractivity contribution >= 4 is 5.91 Å². The van der Waals surface area contributed by atoms with E-state index in [0.717, 1.165) is 43.9 Å². The minimum atomic E-state index is -0.706. The highest BCUT2D eigenvalue weighted by molar-refractivity contribution is 5.94. The van der Waals surface area contributed by atoms with Crippen LogP contribution in [0.4, 0.5) is 8.78 Å². The quantitative estimate of drug-likeness (QED) is 0.816. The van der Waals surface area contributed by atoms with Crippen LogP contribution in [0.3, 0.4) is 0 Å². The number of benzene rings is 1. The summed E-state index contributed by atoms with van der Waals surface area (Å²) in [5, 5.41) is 0. The molecule has 0 N–H and O–H groups in total. The summed E-state index contributed by atoms with van der Waals surface area (Å²) in [4.78, 5) is 14.1. The molecule has 2 rings (SSSR count). The summed E-state index contributed by atoms with van der Waals surface area (Å²) in [5.41, 5.74) is 0.102. The highest BCUT2D eigenvalue weighted by Crippen LogP contribution is 2.24. The summed E-state index contributed by atoms with van der Waals surface area (Å²) in [6, 6.07) is 3.21. The van der Waals surface area contributed by atoms with E-state index in [4.69, 9.17) is 0 Å². The number of hydrogen-bond acceptors (Lipinski definition) is 1. The van der Waals surface area contributed by atoms with Crippen LogP contribution in [0, 0.1) is 11.6 Å². The Labute approximate surface area is 112 Å². The van der Waals surface area contributed by atoms with E-state index in [0.29, 0.717) is 6.54 Å². The number of amides is 1. The molecule has 104 valence electrons. The van der Waals surface area contributed by atoms with Crippen molar-refractivity contribution in [2.45, 2.75) is 45.1 Å². The predicted octanol–water partition coefficient (Wildman–Crippen LogP) is 3.76. The van der Waals surface area contributed by atoms with Gasteiger partial charge in [0.15, 0.2) is 0 Å². The molecule has 0 bridgehead atoms. The maximum Gasteiger partial charge on any atom is 0.254 e. The third-order valence-electron chi connectivity index (χ3n) is 3.73. The highest BCUT2D eigenvalue weighted by Gasteiger charge is 2.25. The van der Waals surface area contributed by atoms with E-state index in [1.54, 1.807) is 4.90 Å². The van der Waals surface area contributed by atoms with E-state index in [9.17, 15) is 13.6 Å². The molecule has 0 aromatic heterocycles. The third-order valence-corrected chi connectivity index (χ3v) is 3.73. The van der Waals surface area contributed by atoms with Crippen molar-refractivity contribution < 1.29 is 13.6 Å². The van der Waals surface area contributed by atoms with Crippen LogP contribution in [0.15, 0.2) is 18.2 Å². The number of hydrogen-bond donors (Lipinski definition) is 0. The first-order valence-corrected chi connectivity index (χ1v) is 6.89. The number of nitrogens with zero attached hydrogens (tertiary/aromatic N) is 1. The van der Waals surface area contributed by atoms with Gasteiger partial charge in [-0.25, -0.2) is 8.78 Å². The molecule has 2 nitrogen and oxygen atoms in total. The van der Waals surface area contributed by atoms with Crippen molar-refractivity contribution in [1.29, 1.82) is 0 Å². The molecule has 0 aliphatic heterocycles. The SMILES string of the molecule is CCN(C(=O)c1cc(F)cc(F)c1)C1CCCCC1. The lowest BCUT2D eigenvalue weighted by atomic mass is 9.93. The highest BCUT2D eigenvalue weighted by atomic mass is 19.1. The normalized spacial score (nSPS) is 16.4. The molecular formula is C15H19F2NO. The van der Waals surface area contributed by atoms with Crippen LogP contribution < -0.4 is 0 Å². The Bertz CT molecular complexity index is 435. The molecule has 1 fully saturated rings. The average molecular weight is 267 g/mol. The first-order chi connectivity index (χ1) is 9.11. The van der Waals surface area contributed by atoms with Gasteiger partial charge in [0.25, 0.3) is 5.91 Å². The first-order valence-electron chi connectivity index (χ1n) is 6.89. The maximum absolute atomic E-state index is 13.2. The van der Waals surface area contributed by atoms with Crippen LogP contribution in [0.2, 0.25) is 0 Å². The minimum Gasteiger partial charge on any atom is -0.336 e. The van der Waals surface area contributed by atoms with Gasteiger partial charge in [-0.05, 0) is 31.9 Å². The van der Waals surface area contributed by atoms with E-state index in [-0.39, 0.29) is 17.5 Å². The van der Waals surface area contributed by atoms with Crippen molar-refractivity contribution in [3.05, 3.63) is 35.4 Å². The molecule has 1 aliphatic carbocycles. The monoisotopic (exact) mass is 267 g/mol. The molecule has 0 heterocycles. The van der Waals surface area contributed by atoms with E-state index in [1.807, 2.05) is 6.92 Å². The van der Waals surface area contributed by atoms with Crippen LogP contribution in [0.5, 0.6) is 0 Å². The Balaban J connectivity index is 2.19. The second kappa shape index (κ2) is 6.13. The number of rotatable bonds is 3.